The molecular weight excluding hydrogens is 254 g/mol. The second kappa shape index (κ2) is 6.34. The first-order valence-electron chi connectivity index (χ1n) is 6.49. The fourth-order valence-electron chi connectivity index (χ4n) is 2.13. The number of methoxy groups -OCH3 is 2. The molecule has 0 radical (unpaired) electrons. The summed E-state index contributed by atoms with van der Waals surface area (Å²) in [4.78, 5) is 8.56. The maximum absolute atomic E-state index is 6.34. The third kappa shape index (κ3) is 2.72. The van der Waals surface area contributed by atoms with Crippen LogP contribution in [0.15, 0.2) is 30.5 Å². The number of aryl methyl sites for hydroxylation is 1. The van der Waals surface area contributed by atoms with E-state index >= 15 is 0 Å². The molecule has 0 spiro atoms. The Morgan fingerprint density at radius 2 is 1.95 bits per heavy atom. The topological polar surface area (TPSA) is 70.3 Å². The number of ether oxygens (including phenoxy) is 2. The van der Waals surface area contributed by atoms with Crippen LogP contribution in [0.2, 0.25) is 0 Å². The van der Waals surface area contributed by atoms with Gasteiger partial charge in [-0.2, -0.15) is 4.98 Å². The SMILES string of the molecule is CCc1ccccc1C(N)c1ncc(OC)nc1OC. The van der Waals surface area contributed by atoms with Gasteiger partial charge >= 0.3 is 0 Å². The van der Waals surface area contributed by atoms with Gasteiger partial charge in [0.2, 0.25) is 11.8 Å². The van der Waals surface area contributed by atoms with Gasteiger partial charge in [0.1, 0.15) is 5.69 Å². The van der Waals surface area contributed by atoms with E-state index in [1.165, 1.54) is 12.7 Å². The zero-order chi connectivity index (χ0) is 14.5. The molecule has 5 nitrogen and oxygen atoms in total. The zero-order valence-electron chi connectivity index (χ0n) is 12.0. The summed E-state index contributed by atoms with van der Waals surface area (Å²) >= 11 is 0. The van der Waals surface area contributed by atoms with Crippen molar-refractivity contribution < 1.29 is 9.47 Å². The van der Waals surface area contributed by atoms with Gasteiger partial charge in [-0.3, -0.25) is 0 Å². The van der Waals surface area contributed by atoms with Gasteiger partial charge in [-0.05, 0) is 17.5 Å². The molecule has 0 fully saturated rings. The molecule has 106 valence electrons. The molecule has 0 amide bonds. The molecule has 1 aromatic heterocycles. The Labute approximate surface area is 118 Å². The molecule has 2 N–H and O–H groups in total. The highest BCUT2D eigenvalue weighted by Crippen LogP contribution is 2.28. The van der Waals surface area contributed by atoms with Crippen molar-refractivity contribution in [2.45, 2.75) is 19.4 Å². The van der Waals surface area contributed by atoms with Crippen LogP contribution >= 0.6 is 0 Å². The Bertz CT molecular complexity index is 587. The van der Waals surface area contributed by atoms with E-state index in [2.05, 4.69) is 23.0 Å². The molecule has 0 aliphatic heterocycles. The minimum absolute atomic E-state index is 0.375. The van der Waals surface area contributed by atoms with Crippen LogP contribution in [0.1, 0.15) is 29.8 Å². The second-order valence-corrected chi connectivity index (χ2v) is 4.34. The summed E-state index contributed by atoms with van der Waals surface area (Å²) in [6.45, 7) is 2.10. The third-order valence-corrected chi connectivity index (χ3v) is 3.21. The van der Waals surface area contributed by atoms with Crippen molar-refractivity contribution in [3.05, 3.63) is 47.3 Å². The van der Waals surface area contributed by atoms with E-state index in [-0.39, 0.29) is 6.04 Å². The Hall–Kier alpha value is -2.14. The van der Waals surface area contributed by atoms with Crippen molar-refractivity contribution >= 4 is 0 Å². The van der Waals surface area contributed by atoms with E-state index in [9.17, 15) is 0 Å². The van der Waals surface area contributed by atoms with Crippen LogP contribution in [0.4, 0.5) is 0 Å². The van der Waals surface area contributed by atoms with Gasteiger partial charge in [0.05, 0.1) is 26.5 Å². The van der Waals surface area contributed by atoms with E-state index < -0.39 is 0 Å². The molecule has 0 aliphatic rings. The highest BCUT2D eigenvalue weighted by atomic mass is 16.5. The van der Waals surface area contributed by atoms with E-state index in [1.54, 1.807) is 13.3 Å². The third-order valence-electron chi connectivity index (χ3n) is 3.21. The largest absolute Gasteiger partial charge is 0.480 e. The number of hydrogen-bond donors (Lipinski definition) is 1. The quantitative estimate of drug-likeness (QED) is 0.903. The van der Waals surface area contributed by atoms with Crippen molar-refractivity contribution in [2.24, 2.45) is 5.73 Å². The van der Waals surface area contributed by atoms with Crippen LogP contribution in [0.25, 0.3) is 0 Å². The van der Waals surface area contributed by atoms with Crippen molar-refractivity contribution in [3.8, 4) is 11.8 Å². The number of nitrogens with zero attached hydrogens (tertiary/aromatic N) is 2. The molecule has 1 aromatic carbocycles. The summed E-state index contributed by atoms with van der Waals surface area (Å²) in [6, 6.07) is 7.68. The van der Waals surface area contributed by atoms with Crippen LogP contribution < -0.4 is 15.2 Å². The van der Waals surface area contributed by atoms with Crippen LogP contribution in [-0.4, -0.2) is 24.2 Å². The average Bonchev–Trinajstić information content (AvgIpc) is 2.53. The van der Waals surface area contributed by atoms with Gasteiger partial charge in [-0.1, -0.05) is 31.2 Å². The molecule has 1 unspecified atom stereocenters. The molecule has 2 aromatic rings. The normalized spacial score (nSPS) is 12.0. The molecule has 1 atom stereocenters. The summed E-state index contributed by atoms with van der Waals surface area (Å²) < 4.78 is 10.3. The standard InChI is InChI=1S/C15H19N3O2/c1-4-10-7-5-6-8-11(10)13(16)14-15(20-3)18-12(19-2)9-17-14/h5-9,13H,4,16H2,1-3H3. The first-order valence-corrected chi connectivity index (χ1v) is 6.49. The Morgan fingerprint density at radius 1 is 1.20 bits per heavy atom. The first kappa shape index (κ1) is 14.3. The molecule has 1 heterocycles. The molecule has 5 heteroatoms. The Kier molecular flexibility index (Phi) is 4.53. The highest BCUT2D eigenvalue weighted by molar-refractivity contribution is 5.38. The van der Waals surface area contributed by atoms with Gasteiger partial charge < -0.3 is 15.2 Å². The van der Waals surface area contributed by atoms with Gasteiger partial charge in [0, 0.05) is 0 Å². The lowest BCUT2D eigenvalue weighted by atomic mass is 9.97. The second-order valence-electron chi connectivity index (χ2n) is 4.34. The van der Waals surface area contributed by atoms with Crippen molar-refractivity contribution in [2.75, 3.05) is 14.2 Å². The summed E-state index contributed by atoms with van der Waals surface area (Å²) in [5.74, 6) is 0.796. The summed E-state index contributed by atoms with van der Waals surface area (Å²) in [7, 11) is 3.08. The summed E-state index contributed by atoms with van der Waals surface area (Å²) in [6.07, 6.45) is 2.46. The summed E-state index contributed by atoms with van der Waals surface area (Å²) in [5.41, 5.74) is 9.17. The van der Waals surface area contributed by atoms with Gasteiger partial charge in [-0.15, -0.1) is 0 Å². The maximum atomic E-state index is 6.34. The number of benzene rings is 1. The fraction of sp³-hybridized carbons (Fsp3) is 0.333. The maximum Gasteiger partial charge on any atom is 0.240 e. The van der Waals surface area contributed by atoms with E-state index in [0.29, 0.717) is 17.5 Å². The van der Waals surface area contributed by atoms with Gasteiger partial charge in [0.15, 0.2) is 0 Å². The van der Waals surface area contributed by atoms with Gasteiger partial charge in [0.25, 0.3) is 0 Å². The van der Waals surface area contributed by atoms with Crippen LogP contribution in [0, 0.1) is 0 Å². The molecule has 0 bridgehead atoms. The smallest absolute Gasteiger partial charge is 0.240 e. The van der Waals surface area contributed by atoms with E-state index in [4.69, 9.17) is 15.2 Å². The predicted octanol–water partition coefficient (Wildman–Crippen LogP) is 2.10. The lowest BCUT2D eigenvalue weighted by Crippen LogP contribution is -2.17. The molecule has 0 saturated heterocycles. The lowest BCUT2D eigenvalue weighted by Gasteiger charge is -2.17. The number of nitrogens with two attached hydrogens (primary N) is 1. The van der Waals surface area contributed by atoms with Gasteiger partial charge in [-0.25, -0.2) is 4.98 Å². The molecule has 2 rings (SSSR count). The monoisotopic (exact) mass is 273 g/mol. The van der Waals surface area contributed by atoms with Crippen molar-refractivity contribution in [1.29, 1.82) is 0 Å². The number of aromatic nitrogens is 2. The van der Waals surface area contributed by atoms with E-state index in [1.807, 2.05) is 18.2 Å². The Morgan fingerprint density at radius 3 is 2.60 bits per heavy atom. The Balaban J connectivity index is 2.45. The van der Waals surface area contributed by atoms with Crippen LogP contribution in [0.5, 0.6) is 11.8 Å². The predicted molar refractivity (Wildman–Crippen MR) is 77.0 cm³/mol. The van der Waals surface area contributed by atoms with E-state index in [0.717, 1.165) is 12.0 Å². The molecule has 20 heavy (non-hydrogen) atoms. The summed E-state index contributed by atoms with van der Waals surface area (Å²) in [5, 5.41) is 0. The average molecular weight is 273 g/mol. The molecule has 0 saturated carbocycles. The fourth-order valence-corrected chi connectivity index (χ4v) is 2.13. The minimum Gasteiger partial charge on any atom is -0.480 e. The minimum atomic E-state index is -0.375. The van der Waals surface area contributed by atoms with Crippen LogP contribution in [0.3, 0.4) is 0 Å². The zero-order valence-corrected chi connectivity index (χ0v) is 12.0. The number of rotatable bonds is 5. The molecular formula is C15H19N3O2. The van der Waals surface area contributed by atoms with Crippen molar-refractivity contribution in [1.82, 2.24) is 9.97 Å². The molecule has 0 aliphatic carbocycles. The number of hydrogen-bond acceptors (Lipinski definition) is 5. The van der Waals surface area contributed by atoms with Crippen molar-refractivity contribution in [3.63, 3.8) is 0 Å². The first-order chi connectivity index (χ1) is 9.71. The highest BCUT2D eigenvalue weighted by Gasteiger charge is 2.19. The lowest BCUT2D eigenvalue weighted by molar-refractivity contribution is 0.355. The van der Waals surface area contributed by atoms with Crippen LogP contribution in [-0.2, 0) is 6.42 Å².